The van der Waals surface area contributed by atoms with E-state index in [9.17, 15) is 0 Å². The van der Waals surface area contributed by atoms with Crippen molar-refractivity contribution in [2.24, 2.45) is 0 Å². The van der Waals surface area contributed by atoms with Gasteiger partial charge in [0, 0.05) is 22.3 Å². The summed E-state index contributed by atoms with van der Waals surface area (Å²) in [4.78, 5) is 0. The molecule has 0 saturated carbocycles. The standard InChI is InChI=1S/C52H36N4S2/c1-33-5-7-35(3)45(29-33)25-21-41-17-19-43(51-49(41)53-57-55-51)23-27-47-31-37-9-13-39(47)15-11-38-10-14-40(16-12-37)48(32-38)28-24-44-20-18-42(50-52(44)56-58-54-50)22-26-46-30-34(2)6-8-36(46)4/h5-10,13-14,17-20,29-32H,11-12,15-16H2,1-4H3. The molecule has 2 heterocycles. The van der Waals surface area contributed by atoms with Gasteiger partial charge in [-0.15, -0.1) is 0 Å². The van der Waals surface area contributed by atoms with Crippen molar-refractivity contribution >= 4 is 45.5 Å². The van der Waals surface area contributed by atoms with Crippen molar-refractivity contribution in [1.82, 2.24) is 17.5 Å². The zero-order valence-electron chi connectivity index (χ0n) is 32.7. The molecule has 4 aliphatic carbocycles. The summed E-state index contributed by atoms with van der Waals surface area (Å²) in [5, 5.41) is 0. The van der Waals surface area contributed by atoms with Gasteiger partial charge in [0.05, 0.1) is 45.7 Å². The van der Waals surface area contributed by atoms with E-state index in [0.29, 0.717) is 0 Å². The third-order valence-electron chi connectivity index (χ3n) is 10.7. The van der Waals surface area contributed by atoms with Crippen molar-refractivity contribution in [2.45, 2.75) is 53.4 Å². The van der Waals surface area contributed by atoms with Crippen LogP contribution in [0.1, 0.15) is 89.0 Å². The molecule has 8 aromatic rings. The van der Waals surface area contributed by atoms with Crippen LogP contribution < -0.4 is 0 Å². The van der Waals surface area contributed by atoms with E-state index in [1.807, 2.05) is 24.3 Å². The largest absolute Gasteiger partial charge is 0.172 e. The summed E-state index contributed by atoms with van der Waals surface area (Å²) in [6.07, 6.45) is 3.50. The molecule has 0 atom stereocenters. The Kier molecular flexibility index (Phi) is 10.1. The first kappa shape index (κ1) is 36.8. The fraction of sp³-hybridized carbons (Fsp3) is 0.154. The molecular weight excluding hydrogens is 745 g/mol. The minimum Gasteiger partial charge on any atom is -0.172 e. The number of benzene rings is 6. The van der Waals surface area contributed by atoms with Gasteiger partial charge >= 0.3 is 0 Å². The van der Waals surface area contributed by atoms with Crippen LogP contribution in [0.25, 0.3) is 22.1 Å². The Labute approximate surface area is 348 Å². The molecule has 0 fully saturated rings. The van der Waals surface area contributed by atoms with E-state index in [-0.39, 0.29) is 0 Å². The summed E-state index contributed by atoms with van der Waals surface area (Å²) in [5.74, 6) is 27.4. The third-order valence-corrected chi connectivity index (χ3v) is 11.7. The summed E-state index contributed by atoms with van der Waals surface area (Å²) in [5.41, 5.74) is 20.5. The van der Waals surface area contributed by atoms with Crippen LogP contribution in [0.3, 0.4) is 0 Å². The maximum Gasteiger partial charge on any atom is 0.121 e. The van der Waals surface area contributed by atoms with E-state index in [1.54, 1.807) is 0 Å². The molecule has 276 valence electrons. The average molecular weight is 781 g/mol. The molecule has 4 nitrogen and oxygen atoms in total. The molecular formula is C52H36N4S2. The second kappa shape index (κ2) is 16.0. The molecule has 0 aliphatic heterocycles. The molecule has 0 amide bonds. The van der Waals surface area contributed by atoms with E-state index in [1.165, 1.54) is 56.8 Å². The van der Waals surface area contributed by atoms with Crippen molar-refractivity contribution in [1.29, 1.82) is 0 Å². The number of rotatable bonds is 0. The van der Waals surface area contributed by atoms with E-state index >= 15 is 0 Å². The highest BCUT2D eigenvalue weighted by Crippen LogP contribution is 2.25. The lowest BCUT2D eigenvalue weighted by Crippen LogP contribution is -2.02. The fourth-order valence-corrected chi connectivity index (χ4v) is 8.35. The quantitative estimate of drug-likeness (QED) is 0.144. The molecule has 4 bridgehead atoms. The summed E-state index contributed by atoms with van der Waals surface area (Å²) in [6, 6.07) is 34.3. The van der Waals surface area contributed by atoms with Gasteiger partial charge in [0.25, 0.3) is 0 Å². The lowest BCUT2D eigenvalue weighted by molar-refractivity contribution is 0.916. The van der Waals surface area contributed by atoms with Crippen molar-refractivity contribution in [3.63, 3.8) is 0 Å². The normalized spacial score (nSPS) is 11.7. The molecule has 6 heteroatoms. The highest BCUT2D eigenvalue weighted by atomic mass is 32.1. The Balaban J connectivity index is 0.969. The van der Waals surface area contributed by atoms with E-state index in [4.69, 9.17) is 0 Å². The van der Waals surface area contributed by atoms with Crippen LogP contribution in [0.4, 0.5) is 0 Å². The predicted octanol–water partition coefficient (Wildman–Crippen LogP) is 10.4. The highest BCUT2D eigenvalue weighted by Gasteiger charge is 2.13. The van der Waals surface area contributed by atoms with Gasteiger partial charge in [0.2, 0.25) is 0 Å². The summed E-state index contributed by atoms with van der Waals surface area (Å²) in [7, 11) is 0. The van der Waals surface area contributed by atoms with Crippen LogP contribution in [0.5, 0.6) is 0 Å². The Bertz CT molecular complexity index is 2990. The molecule has 2 aromatic heterocycles. The van der Waals surface area contributed by atoms with Crippen molar-refractivity contribution in [2.75, 3.05) is 0 Å². The van der Waals surface area contributed by atoms with Gasteiger partial charge in [-0.2, -0.15) is 17.5 Å². The number of hydrogen-bond acceptors (Lipinski definition) is 6. The molecule has 0 unspecified atom stereocenters. The zero-order chi connectivity index (χ0) is 39.6. The summed E-state index contributed by atoms with van der Waals surface area (Å²) < 4.78 is 18.5. The molecule has 12 rings (SSSR count). The van der Waals surface area contributed by atoms with Gasteiger partial charge in [-0.05, 0) is 146 Å². The molecule has 0 saturated heterocycles. The van der Waals surface area contributed by atoms with E-state index in [0.717, 1.165) is 103 Å². The Morgan fingerprint density at radius 2 is 0.690 bits per heavy atom. The van der Waals surface area contributed by atoms with Gasteiger partial charge in [-0.25, -0.2) is 0 Å². The summed E-state index contributed by atoms with van der Waals surface area (Å²) >= 11 is 2.40. The van der Waals surface area contributed by atoms with Gasteiger partial charge in [0.15, 0.2) is 0 Å². The third kappa shape index (κ3) is 7.78. The SMILES string of the molecule is Cc1ccc(C)c(C#Cc2ccc(C#Cc3cc4ccc3CCc3ccc(c(C#Cc5ccc(C#Cc6cc(C)ccc6C)c6nsnc56)c3)CC4)c3nsnc23)c1. The number of aryl methyl sites for hydroxylation is 8. The monoisotopic (exact) mass is 780 g/mol. The second-order valence-electron chi connectivity index (χ2n) is 14.9. The molecule has 0 spiro atoms. The van der Waals surface area contributed by atoms with Gasteiger partial charge < -0.3 is 0 Å². The first-order valence-corrected chi connectivity index (χ1v) is 20.8. The molecule has 0 radical (unpaired) electrons. The van der Waals surface area contributed by atoms with Crippen LogP contribution in [-0.2, 0) is 25.7 Å². The van der Waals surface area contributed by atoms with Gasteiger partial charge in [-0.1, -0.05) is 95.9 Å². The molecule has 6 aromatic carbocycles. The minimum atomic E-state index is 0.801. The molecule has 4 aliphatic rings. The maximum atomic E-state index is 4.64. The van der Waals surface area contributed by atoms with Crippen molar-refractivity contribution in [3.05, 3.63) is 186 Å². The molecule has 58 heavy (non-hydrogen) atoms. The first-order valence-electron chi connectivity index (χ1n) is 19.3. The van der Waals surface area contributed by atoms with Crippen molar-refractivity contribution < 1.29 is 0 Å². The van der Waals surface area contributed by atoms with Crippen LogP contribution in [0, 0.1) is 75.1 Å². The smallest absolute Gasteiger partial charge is 0.121 e. The van der Waals surface area contributed by atoms with Gasteiger partial charge in [-0.3, -0.25) is 0 Å². The van der Waals surface area contributed by atoms with Crippen LogP contribution in [-0.4, -0.2) is 17.5 Å². The number of fused-ring (bicyclic) bond motifs is 2. The van der Waals surface area contributed by atoms with Crippen LogP contribution in [0.2, 0.25) is 0 Å². The Morgan fingerprint density at radius 1 is 0.345 bits per heavy atom. The Morgan fingerprint density at radius 3 is 1.07 bits per heavy atom. The zero-order valence-corrected chi connectivity index (χ0v) is 34.3. The number of aromatic nitrogens is 4. The van der Waals surface area contributed by atoms with Crippen LogP contribution >= 0.6 is 23.5 Å². The lowest BCUT2D eigenvalue weighted by atomic mass is 9.91. The molecule has 0 N–H and O–H groups in total. The highest BCUT2D eigenvalue weighted by molar-refractivity contribution is 7.00. The van der Waals surface area contributed by atoms with E-state index < -0.39 is 0 Å². The lowest BCUT2D eigenvalue weighted by Gasteiger charge is -2.13. The summed E-state index contributed by atoms with van der Waals surface area (Å²) in [6.45, 7) is 8.35. The predicted molar refractivity (Wildman–Crippen MR) is 238 cm³/mol. The van der Waals surface area contributed by atoms with Gasteiger partial charge in [0.1, 0.15) is 22.1 Å². The van der Waals surface area contributed by atoms with Crippen LogP contribution in [0.15, 0.2) is 97.1 Å². The minimum absolute atomic E-state index is 0.801. The number of hydrogen-bond donors (Lipinski definition) is 0. The maximum absolute atomic E-state index is 4.64. The number of nitrogens with zero attached hydrogens (tertiary/aromatic N) is 4. The van der Waals surface area contributed by atoms with E-state index in [2.05, 4.69) is 165 Å². The van der Waals surface area contributed by atoms with Crippen molar-refractivity contribution in [3.8, 4) is 47.4 Å². The topological polar surface area (TPSA) is 51.6 Å². The average Bonchev–Trinajstić information content (AvgIpc) is 3.93. The fourth-order valence-electron chi connectivity index (χ4n) is 7.20. The second-order valence-corrected chi connectivity index (χ2v) is 15.9. The Hall–Kier alpha value is -6.80. The first-order chi connectivity index (χ1) is 28.3.